The molecule has 0 amide bonds. The lowest BCUT2D eigenvalue weighted by Crippen LogP contribution is -2.64. The normalized spacial score (nSPS) is 34.4. The fourth-order valence-electron chi connectivity index (χ4n) is 7.92. The van der Waals surface area contributed by atoms with Crippen molar-refractivity contribution in [3.8, 4) is 11.5 Å². The minimum atomic E-state index is 0.0869. The van der Waals surface area contributed by atoms with Crippen LogP contribution >= 0.6 is 0 Å². The Morgan fingerprint density at radius 3 is 2.67 bits per heavy atom. The quantitative estimate of drug-likeness (QED) is 0.761. The molecular formula is C26H32N2O2. The van der Waals surface area contributed by atoms with E-state index >= 15 is 0 Å². The number of ether oxygens (including phenoxy) is 1. The number of nitrogens with zero attached hydrogens (tertiary/aromatic N) is 2. The zero-order valence-corrected chi connectivity index (χ0v) is 18.1. The van der Waals surface area contributed by atoms with E-state index in [4.69, 9.17) is 4.74 Å². The van der Waals surface area contributed by atoms with E-state index in [1.165, 1.54) is 62.9 Å². The van der Waals surface area contributed by atoms with Crippen molar-refractivity contribution in [2.24, 2.45) is 5.41 Å². The smallest absolute Gasteiger partial charge is 0.182 e. The van der Waals surface area contributed by atoms with Crippen molar-refractivity contribution in [2.45, 2.75) is 62.9 Å². The van der Waals surface area contributed by atoms with Gasteiger partial charge in [0.15, 0.2) is 11.5 Å². The summed E-state index contributed by atoms with van der Waals surface area (Å²) in [6.45, 7) is 4.81. The number of anilines is 2. The molecule has 1 N–H and O–H groups in total. The van der Waals surface area contributed by atoms with E-state index in [0.717, 1.165) is 5.69 Å². The van der Waals surface area contributed by atoms with Gasteiger partial charge in [-0.25, -0.2) is 0 Å². The van der Waals surface area contributed by atoms with E-state index in [1.807, 2.05) is 6.07 Å². The largest absolute Gasteiger partial charge is 0.503 e. The predicted molar refractivity (Wildman–Crippen MR) is 120 cm³/mol. The highest BCUT2D eigenvalue weighted by Gasteiger charge is 2.68. The second-order valence-corrected chi connectivity index (χ2v) is 9.82. The molecule has 3 heterocycles. The number of hydrogen-bond acceptors (Lipinski definition) is 4. The highest BCUT2D eigenvalue weighted by atomic mass is 16.5. The van der Waals surface area contributed by atoms with Gasteiger partial charge in [-0.05, 0) is 80.8 Å². The highest BCUT2D eigenvalue weighted by Crippen LogP contribution is 2.68. The summed E-state index contributed by atoms with van der Waals surface area (Å²) in [7, 11) is 1.65. The molecule has 0 bridgehead atoms. The molecule has 4 atom stereocenters. The Hall–Kier alpha value is -2.20. The minimum absolute atomic E-state index is 0.0869. The number of fused-ring (bicyclic) bond motifs is 1. The molecule has 30 heavy (non-hydrogen) atoms. The van der Waals surface area contributed by atoms with E-state index in [1.54, 1.807) is 7.11 Å². The van der Waals surface area contributed by atoms with Crippen LogP contribution in [0, 0.1) is 5.41 Å². The number of para-hydroxylation sites is 1. The van der Waals surface area contributed by atoms with Gasteiger partial charge in [0, 0.05) is 23.2 Å². The maximum absolute atomic E-state index is 11.3. The Kier molecular flexibility index (Phi) is 3.96. The molecule has 1 aliphatic carbocycles. The number of rotatable bonds is 3. The second kappa shape index (κ2) is 6.40. The zero-order valence-electron chi connectivity index (χ0n) is 18.1. The third kappa shape index (κ3) is 2.11. The number of piperidine rings is 1. The molecular weight excluding hydrogens is 372 g/mol. The summed E-state index contributed by atoms with van der Waals surface area (Å²) in [5.74, 6) is 0.879. The van der Waals surface area contributed by atoms with Gasteiger partial charge in [0.05, 0.1) is 12.8 Å². The highest BCUT2D eigenvalue weighted by molar-refractivity contribution is 5.82. The van der Waals surface area contributed by atoms with Crippen LogP contribution in [0.4, 0.5) is 11.4 Å². The van der Waals surface area contributed by atoms with Crippen molar-refractivity contribution in [1.82, 2.24) is 4.90 Å². The fraction of sp³-hybridized carbons (Fsp3) is 0.538. The average Bonchev–Trinajstić information content (AvgIpc) is 3.33. The Morgan fingerprint density at radius 2 is 1.90 bits per heavy atom. The first kappa shape index (κ1) is 18.6. The minimum Gasteiger partial charge on any atom is -0.503 e. The van der Waals surface area contributed by atoms with Gasteiger partial charge in [-0.3, -0.25) is 4.90 Å². The predicted octanol–water partition coefficient (Wildman–Crippen LogP) is 5.22. The van der Waals surface area contributed by atoms with Gasteiger partial charge >= 0.3 is 0 Å². The molecule has 3 aliphatic heterocycles. The summed E-state index contributed by atoms with van der Waals surface area (Å²) in [4.78, 5) is 5.27. The number of phenols is 1. The molecule has 4 aliphatic rings. The van der Waals surface area contributed by atoms with E-state index in [2.05, 4.69) is 53.1 Å². The van der Waals surface area contributed by atoms with Crippen molar-refractivity contribution in [2.75, 3.05) is 25.1 Å². The van der Waals surface area contributed by atoms with Gasteiger partial charge in [-0.15, -0.1) is 0 Å². The topological polar surface area (TPSA) is 35.9 Å². The number of aromatic hydroxyl groups is 1. The van der Waals surface area contributed by atoms with Crippen molar-refractivity contribution in [1.29, 1.82) is 0 Å². The molecule has 4 nitrogen and oxygen atoms in total. The van der Waals surface area contributed by atoms with Crippen molar-refractivity contribution < 1.29 is 9.84 Å². The van der Waals surface area contributed by atoms with Crippen LogP contribution in [0.15, 0.2) is 42.5 Å². The summed E-state index contributed by atoms with van der Waals surface area (Å²) in [5, 5.41) is 11.3. The molecule has 2 aromatic carbocycles. The lowest BCUT2D eigenvalue weighted by Gasteiger charge is -2.58. The maximum atomic E-state index is 11.3. The third-order valence-electron chi connectivity index (χ3n) is 9.00. The van der Waals surface area contributed by atoms with Crippen LogP contribution in [0.25, 0.3) is 0 Å². The molecule has 2 saturated heterocycles. The van der Waals surface area contributed by atoms with Crippen molar-refractivity contribution in [3.05, 3.63) is 48.0 Å². The van der Waals surface area contributed by atoms with E-state index in [0.29, 0.717) is 29.0 Å². The first-order valence-electron chi connectivity index (χ1n) is 11.6. The van der Waals surface area contributed by atoms with Crippen LogP contribution in [-0.2, 0) is 5.41 Å². The lowest BCUT2D eigenvalue weighted by atomic mass is 9.52. The van der Waals surface area contributed by atoms with Crippen molar-refractivity contribution in [3.63, 3.8) is 0 Å². The monoisotopic (exact) mass is 404 g/mol. The Morgan fingerprint density at radius 1 is 1.07 bits per heavy atom. The van der Waals surface area contributed by atoms with Gasteiger partial charge in [-0.2, -0.15) is 0 Å². The Labute approximate surface area is 179 Å². The van der Waals surface area contributed by atoms with E-state index < -0.39 is 0 Å². The van der Waals surface area contributed by atoms with Gasteiger partial charge in [0.25, 0.3) is 0 Å². The van der Waals surface area contributed by atoms with Gasteiger partial charge in [0.2, 0.25) is 0 Å². The number of phenolic OH excluding ortho intramolecular Hbond substituents is 1. The lowest BCUT2D eigenvalue weighted by molar-refractivity contribution is -0.0331. The summed E-state index contributed by atoms with van der Waals surface area (Å²) in [5.41, 5.74) is 4.02. The molecule has 3 fully saturated rings. The van der Waals surface area contributed by atoms with Crippen LogP contribution in [-0.4, -0.2) is 42.3 Å². The van der Waals surface area contributed by atoms with E-state index in [9.17, 15) is 5.11 Å². The van der Waals surface area contributed by atoms with Crippen LogP contribution in [0.5, 0.6) is 11.5 Å². The summed E-state index contributed by atoms with van der Waals surface area (Å²) < 4.78 is 5.55. The fourth-order valence-corrected chi connectivity index (χ4v) is 7.92. The van der Waals surface area contributed by atoms with Gasteiger partial charge < -0.3 is 14.7 Å². The maximum Gasteiger partial charge on any atom is 0.182 e. The molecule has 2 aromatic rings. The Bertz CT molecular complexity index is 976. The van der Waals surface area contributed by atoms with Gasteiger partial charge in [0.1, 0.15) is 0 Å². The second-order valence-electron chi connectivity index (χ2n) is 9.82. The van der Waals surface area contributed by atoms with Crippen LogP contribution in [0.3, 0.4) is 0 Å². The molecule has 4 unspecified atom stereocenters. The van der Waals surface area contributed by atoms with E-state index in [-0.39, 0.29) is 5.41 Å². The molecule has 0 aromatic heterocycles. The zero-order chi connectivity index (χ0) is 20.5. The first-order valence-corrected chi connectivity index (χ1v) is 11.6. The molecule has 6 rings (SSSR count). The number of hydrogen-bond donors (Lipinski definition) is 1. The molecule has 0 radical (unpaired) electrons. The molecule has 4 heteroatoms. The summed E-state index contributed by atoms with van der Waals surface area (Å²) >= 11 is 0. The summed E-state index contributed by atoms with van der Waals surface area (Å²) in [6, 6.07) is 15.9. The Balaban J connectivity index is 1.62. The average molecular weight is 405 g/mol. The molecule has 158 valence electrons. The van der Waals surface area contributed by atoms with Crippen LogP contribution in [0.2, 0.25) is 0 Å². The molecule has 1 spiro atoms. The first-order chi connectivity index (χ1) is 14.7. The van der Waals surface area contributed by atoms with Crippen LogP contribution in [0.1, 0.15) is 51.0 Å². The third-order valence-corrected chi connectivity index (χ3v) is 9.00. The standard InChI is InChI=1S/C26H32N2O2/c1-3-25-13-7-16-27-17-15-26(24(25)27)19-10-11-20(30-2)23(29)22(19)28(21(26)12-14-25)18-8-5-4-6-9-18/h4-6,8-11,21,24,29H,3,7,12-17H2,1-2H3. The molecule has 1 saturated carbocycles. The SMILES string of the molecule is CCC12CCCN3CCC4(c5ccc(OC)c(O)c5N(c5ccccc5)C4CC1)C32. The number of benzene rings is 2. The summed E-state index contributed by atoms with van der Waals surface area (Å²) in [6.07, 6.45) is 7.59. The number of methoxy groups -OCH3 is 1. The van der Waals surface area contributed by atoms with Crippen molar-refractivity contribution >= 4 is 11.4 Å². The van der Waals surface area contributed by atoms with Crippen LogP contribution < -0.4 is 9.64 Å². The van der Waals surface area contributed by atoms with Gasteiger partial charge in [-0.1, -0.05) is 31.2 Å².